The summed E-state index contributed by atoms with van der Waals surface area (Å²) < 4.78 is 4.97. The molecule has 0 amide bonds. The molecule has 0 saturated heterocycles. The van der Waals surface area contributed by atoms with Gasteiger partial charge in [0.2, 0.25) is 0 Å². The Morgan fingerprint density at radius 1 is 1.21 bits per heavy atom. The lowest BCUT2D eigenvalue weighted by molar-refractivity contribution is 1.16. The maximum Gasteiger partial charge on any atom is 0.139 e. The molecule has 7 heteroatoms. The second-order valence-corrected chi connectivity index (χ2v) is 8.19. The number of thiophene rings is 1. The smallest absolute Gasteiger partial charge is 0.139 e. The summed E-state index contributed by atoms with van der Waals surface area (Å²) in [5, 5.41) is 0. The van der Waals surface area contributed by atoms with Gasteiger partial charge >= 0.3 is 0 Å². The Balaban J connectivity index is 2.28. The van der Waals surface area contributed by atoms with Gasteiger partial charge in [-0.25, -0.2) is 4.98 Å². The Morgan fingerprint density at radius 3 is 2.58 bits per heavy atom. The van der Waals surface area contributed by atoms with Crippen molar-refractivity contribution < 1.29 is 0 Å². The molecule has 0 aliphatic heterocycles. The van der Waals surface area contributed by atoms with Gasteiger partial charge in [-0.1, -0.05) is 0 Å². The fourth-order valence-corrected chi connectivity index (χ4v) is 4.18. The average Bonchev–Trinajstić information content (AvgIpc) is 2.83. The lowest BCUT2D eigenvalue weighted by Gasteiger charge is -2.00. The molecular formula is C12H8Br3N3S. The van der Waals surface area contributed by atoms with Gasteiger partial charge in [0.25, 0.3) is 0 Å². The molecule has 0 fully saturated rings. The number of nitrogens with zero attached hydrogens (tertiary/aromatic N) is 2. The molecule has 98 valence electrons. The number of pyridine rings is 1. The Bertz CT molecular complexity index is 772. The molecular weight excluding hydrogens is 458 g/mol. The maximum atomic E-state index is 6.20. The number of rotatable bonds is 1. The summed E-state index contributed by atoms with van der Waals surface area (Å²) >= 11 is 12.1. The van der Waals surface area contributed by atoms with Crippen LogP contribution in [0.15, 0.2) is 31.1 Å². The van der Waals surface area contributed by atoms with Crippen LogP contribution in [0.3, 0.4) is 0 Å². The van der Waals surface area contributed by atoms with Gasteiger partial charge in [0.05, 0.1) is 8.66 Å². The van der Waals surface area contributed by atoms with Gasteiger partial charge in [-0.2, -0.15) is 0 Å². The van der Waals surface area contributed by atoms with Gasteiger partial charge in [-0.15, -0.1) is 11.3 Å². The van der Waals surface area contributed by atoms with Crippen molar-refractivity contribution in [3.8, 4) is 10.6 Å². The molecule has 3 aromatic rings. The van der Waals surface area contributed by atoms with Gasteiger partial charge in [-0.3, -0.25) is 4.40 Å². The topological polar surface area (TPSA) is 43.3 Å². The number of hydrogen-bond acceptors (Lipinski definition) is 3. The third-order valence-electron chi connectivity index (χ3n) is 2.82. The Kier molecular flexibility index (Phi) is 3.49. The summed E-state index contributed by atoms with van der Waals surface area (Å²) in [6, 6.07) is 4.04. The van der Waals surface area contributed by atoms with Crippen LogP contribution in [0, 0.1) is 6.92 Å². The van der Waals surface area contributed by atoms with Crippen LogP contribution in [0.1, 0.15) is 5.56 Å². The molecule has 0 atom stereocenters. The van der Waals surface area contributed by atoms with Crippen LogP contribution in [-0.2, 0) is 0 Å². The summed E-state index contributed by atoms with van der Waals surface area (Å²) in [4.78, 5) is 5.66. The van der Waals surface area contributed by atoms with Crippen LogP contribution in [0.5, 0.6) is 0 Å². The number of halogens is 3. The van der Waals surface area contributed by atoms with E-state index in [2.05, 4.69) is 52.8 Å². The van der Waals surface area contributed by atoms with E-state index in [4.69, 9.17) is 5.73 Å². The molecule has 3 aromatic heterocycles. The van der Waals surface area contributed by atoms with Gasteiger partial charge in [0, 0.05) is 15.1 Å². The standard InChI is InChI=1S/C12H8Br3N3S/c1-5-2-9-17-10(8-3-6(13)11(15)19-8)12(16)18(9)4-7(5)14/h2-4H,16H2,1H3. The van der Waals surface area contributed by atoms with Crippen LogP contribution < -0.4 is 5.73 Å². The third kappa shape index (κ3) is 2.26. The van der Waals surface area contributed by atoms with Crippen molar-refractivity contribution in [2.45, 2.75) is 6.92 Å². The van der Waals surface area contributed by atoms with E-state index in [0.29, 0.717) is 5.82 Å². The Hall–Kier alpha value is -0.370. The van der Waals surface area contributed by atoms with Crippen molar-refractivity contribution in [1.29, 1.82) is 0 Å². The molecule has 3 rings (SSSR count). The highest BCUT2D eigenvalue weighted by molar-refractivity contribution is 9.13. The predicted octanol–water partition coefficient (Wildman–Crippen LogP) is 5.24. The van der Waals surface area contributed by atoms with Crippen LogP contribution in [0.4, 0.5) is 5.82 Å². The first kappa shape index (κ1) is 13.6. The molecule has 0 radical (unpaired) electrons. The number of hydrogen-bond donors (Lipinski definition) is 1. The number of aryl methyl sites for hydroxylation is 1. The van der Waals surface area contributed by atoms with E-state index in [-0.39, 0.29) is 0 Å². The van der Waals surface area contributed by atoms with Crippen molar-refractivity contribution >= 4 is 70.6 Å². The summed E-state index contributed by atoms with van der Waals surface area (Å²) in [5.74, 6) is 0.650. The molecule has 3 nitrogen and oxygen atoms in total. The fraction of sp³-hybridized carbons (Fsp3) is 0.0833. The zero-order valence-corrected chi connectivity index (χ0v) is 15.3. The van der Waals surface area contributed by atoms with Crippen LogP contribution >= 0.6 is 59.1 Å². The first-order valence-corrected chi connectivity index (χ1v) is 8.56. The number of aromatic nitrogens is 2. The molecule has 3 heterocycles. The predicted molar refractivity (Wildman–Crippen MR) is 90.8 cm³/mol. The number of anilines is 1. The summed E-state index contributed by atoms with van der Waals surface area (Å²) in [6.07, 6.45) is 1.95. The minimum absolute atomic E-state index is 0.650. The molecule has 0 aliphatic rings. The maximum absolute atomic E-state index is 6.20. The zero-order valence-electron chi connectivity index (χ0n) is 9.75. The summed E-state index contributed by atoms with van der Waals surface area (Å²) in [5.41, 5.74) is 9.01. The number of nitrogens with two attached hydrogens (primary N) is 1. The summed E-state index contributed by atoms with van der Waals surface area (Å²) in [6.45, 7) is 2.03. The molecule has 0 aliphatic carbocycles. The summed E-state index contributed by atoms with van der Waals surface area (Å²) in [7, 11) is 0. The van der Waals surface area contributed by atoms with Gasteiger partial charge in [0.1, 0.15) is 17.2 Å². The van der Waals surface area contributed by atoms with E-state index in [9.17, 15) is 0 Å². The quantitative estimate of drug-likeness (QED) is 0.534. The lowest BCUT2D eigenvalue weighted by Crippen LogP contribution is -1.94. The van der Waals surface area contributed by atoms with Crippen molar-refractivity contribution in [1.82, 2.24) is 9.38 Å². The van der Waals surface area contributed by atoms with E-state index >= 15 is 0 Å². The monoisotopic (exact) mass is 463 g/mol. The van der Waals surface area contributed by atoms with Crippen LogP contribution in [-0.4, -0.2) is 9.38 Å². The van der Waals surface area contributed by atoms with Crippen molar-refractivity contribution in [2.24, 2.45) is 0 Å². The highest BCUT2D eigenvalue weighted by Crippen LogP contribution is 2.40. The minimum atomic E-state index is 0.650. The molecule has 0 unspecified atom stereocenters. The van der Waals surface area contributed by atoms with E-state index in [1.165, 1.54) is 0 Å². The SMILES string of the molecule is Cc1cc2nc(-c3cc(Br)c(Br)s3)c(N)n2cc1Br. The van der Waals surface area contributed by atoms with Crippen molar-refractivity contribution in [2.75, 3.05) is 5.73 Å². The molecule has 19 heavy (non-hydrogen) atoms. The van der Waals surface area contributed by atoms with E-state index < -0.39 is 0 Å². The molecule has 2 N–H and O–H groups in total. The third-order valence-corrected chi connectivity index (χ3v) is 6.91. The van der Waals surface area contributed by atoms with Crippen molar-refractivity contribution in [3.63, 3.8) is 0 Å². The second-order valence-electron chi connectivity index (χ2n) is 4.11. The molecule has 0 bridgehead atoms. The first-order valence-electron chi connectivity index (χ1n) is 5.36. The van der Waals surface area contributed by atoms with Crippen molar-refractivity contribution in [3.05, 3.63) is 36.6 Å². The van der Waals surface area contributed by atoms with Gasteiger partial charge in [-0.05, 0) is 72.4 Å². The van der Waals surface area contributed by atoms with Gasteiger partial charge < -0.3 is 5.73 Å². The Morgan fingerprint density at radius 2 is 1.95 bits per heavy atom. The normalized spacial score (nSPS) is 11.4. The lowest BCUT2D eigenvalue weighted by atomic mass is 10.3. The zero-order chi connectivity index (χ0) is 13.7. The molecule has 0 saturated carbocycles. The van der Waals surface area contributed by atoms with Crippen LogP contribution in [0.25, 0.3) is 16.2 Å². The molecule has 0 spiro atoms. The minimum Gasteiger partial charge on any atom is -0.383 e. The number of nitrogen functional groups attached to an aromatic ring is 1. The van der Waals surface area contributed by atoms with E-state index in [0.717, 1.165) is 34.5 Å². The largest absolute Gasteiger partial charge is 0.383 e. The number of imidazole rings is 1. The highest BCUT2D eigenvalue weighted by atomic mass is 79.9. The molecule has 0 aromatic carbocycles. The first-order chi connectivity index (χ1) is 8.97. The highest BCUT2D eigenvalue weighted by Gasteiger charge is 2.15. The van der Waals surface area contributed by atoms with E-state index in [1.54, 1.807) is 11.3 Å². The second kappa shape index (κ2) is 4.87. The number of fused-ring (bicyclic) bond motifs is 1. The van der Waals surface area contributed by atoms with E-state index in [1.807, 2.05) is 29.7 Å². The fourth-order valence-electron chi connectivity index (χ4n) is 1.82. The van der Waals surface area contributed by atoms with Gasteiger partial charge in [0.15, 0.2) is 0 Å². The average molecular weight is 466 g/mol. The Labute approximate surface area is 139 Å². The van der Waals surface area contributed by atoms with Crippen LogP contribution in [0.2, 0.25) is 0 Å².